The van der Waals surface area contributed by atoms with E-state index in [0.717, 1.165) is 22.6 Å². The van der Waals surface area contributed by atoms with E-state index in [4.69, 9.17) is 19.2 Å². The highest BCUT2D eigenvalue weighted by atomic mass is 32.1. The van der Waals surface area contributed by atoms with Crippen molar-refractivity contribution in [3.63, 3.8) is 0 Å². The Hall–Kier alpha value is -1.58. The molecule has 192 valence electrons. The van der Waals surface area contributed by atoms with Crippen molar-refractivity contribution in [2.75, 3.05) is 59.1 Å². The molecule has 8 heteroatoms. The zero-order valence-electron chi connectivity index (χ0n) is 21.1. The largest absolute Gasteiger partial charge is 0.382 e. The van der Waals surface area contributed by atoms with Crippen molar-refractivity contribution in [1.29, 1.82) is 0 Å². The van der Waals surface area contributed by atoms with Crippen LogP contribution in [0.2, 0.25) is 0 Å². The molecule has 2 unspecified atom stereocenters. The molecule has 1 aliphatic heterocycles. The van der Waals surface area contributed by atoms with Crippen LogP contribution in [-0.4, -0.2) is 75.6 Å². The van der Waals surface area contributed by atoms with E-state index in [1.807, 2.05) is 0 Å². The molecule has 7 nitrogen and oxygen atoms in total. The van der Waals surface area contributed by atoms with Crippen LogP contribution in [0.25, 0.3) is 10.2 Å². The van der Waals surface area contributed by atoms with E-state index in [2.05, 4.69) is 29.4 Å². The summed E-state index contributed by atoms with van der Waals surface area (Å²) in [6.45, 7) is 3.13. The molecule has 1 amide bonds. The third kappa shape index (κ3) is 5.27. The second-order valence-corrected chi connectivity index (χ2v) is 11.4. The van der Waals surface area contributed by atoms with Crippen LogP contribution in [0.3, 0.4) is 0 Å². The standard InChI is InChI=1S/C27H39N3O4S/c1-30-11-5-10-27-9-4-3-6-20(27)23(30)8-7-19-16-24-22(17-21(19)27)28-26(35-24)29-25(31)18-34-15-14-33-13-12-32-2/h16-17,20,23H,3-15,18H2,1-2H3,(H,28,29,31)/t20?,23?,27-/m1/s1. The Balaban J connectivity index is 1.30. The summed E-state index contributed by atoms with van der Waals surface area (Å²) < 4.78 is 16.9. The quantitative estimate of drug-likeness (QED) is 0.514. The third-order valence-corrected chi connectivity index (χ3v) is 9.34. The third-order valence-electron chi connectivity index (χ3n) is 8.40. The number of methoxy groups -OCH3 is 1. The SMILES string of the molecule is COCCOCCOCC(=O)Nc1nc2cc3c(cc2s1)CCC1C2CCCC[C@]32CCCN1C. The van der Waals surface area contributed by atoms with Crippen molar-refractivity contribution in [2.24, 2.45) is 5.92 Å². The first kappa shape index (κ1) is 25.1. The second kappa shape index (κ2) is 11.2. The number of fused-ring (bicyclic) bond motifs is 2. The fraction of sp³-hybridized carbons (Fsp3) is 0.704. The summed E-state index contributed by atoms with van der Waals surface area (Å²) in [5, 5.41) is 3.59. The zero-order chi connectivity index (χ0) is 24.3. The van der Waals surface area contributed by atoms with Gasteiger partial charge in [-0.1, -0.05) is 24.2 Å². The summed E-state index contributed by atoms with van der Waals surface area (Å²) in [4.78, 5) is 19.9. The first-order chi connectivity index (χ1) is 17.1. The molecule has 3 aliphatic rings. The number of benzene rings is 1. The Morgan fingerprint density at radius 1 is 1.14 bits per heavy atom. The minimum absolute atomic E-state index is 0.000238. The number of carbonyl (C=O) groups excluding carboxylic acids is 1. The van der Waals surface area contributed by atoms with Gasteiger partial charge >= 0.3 is 0 Å². The van der Waals surface area contributed by atoms with Gasteiger partial charge in [0.2, 0.25) is 0 Å². The van der Waals surface area contributed by atoms with Crippen LogP contribution < -0.4 is 5.32 Å². The normalized spacial score (nSPS) is 26.6. The Kier molecular flexibility index (Phi) is 8.04. The van der Waals surface area contributed by atoms with Crippen LogP contribution >= 0.6 is 11.3 Å². The average Bonchev–Trinajstić information content (AvgIpc) is 3.10. The highest BCUT2D eigenvalue weighted by Gasteiger charge is 2.50. The second-order valence-electron chi connectivity index (χ2n) is 10.4. The first-order valence-electron chi connectivity index (χ1n) is 13.2. The van der Waals surface area contributed by atoms with Gasteiger partial charge in [0.25, 0.3) is 5.91 Å². The molecule has 2 heterocycles. The lowest BCUT2D eigenvalue weighted by Crippen LogP contribution is -2.46. The number of amides is 1. The highest BCUT2D eigenvalue weighted by Crippen LogP contribution is 2.54. The van der Waals surface area contributed by atoms with E-state index >= 15 is 0 Å². The zero-order valence-corrected chi connectivity index (χ0v) is 22.0. The van der Waals surface area contributed by atoms with Crippen LogP contribution in [0, 0.1) is 5.92 Å². The van der Waals surface area contributed by atoms with Gasteiger partial charge in [-0.15, -0.1) is 0 Å². The first-order valence-corrected chi connectivity index (χ1v) is 14.0. The van der Waals surface area contributed by atoms with Crippen LogP contribution in [0.1, 0.15) is 56.1 Å². The molecule has 0 spiro atoms. The smallest absolute Gasteiger partial charge is 0.252 e. The molecule has 2 bridgehead atoms. The minimum atomic E-state index is -0.178. The number of likely N-dealkylation sites (tertiary alicyclic amines) is 1. The monoisotopic (exact) mass is 501 g/mol. The fourth-order valence-corrected chi connectivity index (χ4v) is 7.80. The van der Waals surface area contributed by atoms with Crippen LogP contribution in [0.4, 0.5) is 5.13 Å². The summed E-state index contributed by atoms with van der Waals surface area (Å²) in [5.74, 6) is 0.569. The number of aryl methyl sites for hydroxylation is 1. The van der Waals surface area contributed by atoms with Crippen molar-refractivity contribution in [1.82, 2.24) is 9.88 Å². The highest BCUT2D eigenvalue weighted by molar-refractivity contribution is 7.22. The summed E-state index contributed by atoms with van der Waals surface area (Å²) in [7, 11) is 3.99. The Bertz CT molecular complexity index is 1030. The van der Waals surface area contributed by atoms with Gasteiger partial charge < -0.3 is 19.1 Å². The molecule has 2 aliphatic carbocycles. The number of nitrogens with one attached hydrogen (secondary N) is 1. The molecule has 1 aromatic carbocycles. The number of ether oxygens (including phenoxy) is 3. The lowest BCUT2D eigenvalue weighted by Gasteiger charge is -2.47. The van der Waals surface area contributed by atoms with Crippen molar-refractivity contribution < 1.29 is 19.0 Å². The lowest BCUT2D eigenvalue weighted by molar-refractivity contribution is -0.121. The number of rotatable bonds is 9. The molecular weight excluding hydrogens is 462 g/mol. The van der Waals surface area contributed by atoms with Crippen LogP contribution in [-0.2, 0) is 30.8 Å². The molecule has 1 aromatic heterocycles. The Morgan fingerprint density at radius 2 is 1.97 bits per heavy atom. The molecular formula is C27H39N3O4S. The maximum absolute atomic E-state index is 12.4. The van der Waals surface area contributed by atoms with Crippen LogP contribution in [0.5, 0.6) is 0 Å². The summed E-state index contributed by atoms with van der Waals surface area (Å²) in [5.41, 5.74) is 4.39. The van der Waals surface area contributed by atoms with Crippen molar-refractivity contribution in [3.8, 4) is 0 Å². The van der Waals surface area contributed by atoms with Gasteiger partial charge in [-0.2, -0.15) is 0 Å². The number of thiazole rings is 1. The van der Waals surface area contributed by atoms with E-state index in [-0.39, 0.29) is 12.5 Å². The summed E-state index contributed by atoms with van der Waals surface area (Å²) in [6, 6.07) is 5.45. The van der Waals surface area contributed by atoms with Gasteiger partial charge in [-0.25, -0.2) is 4.98 Å². The number of nitrogens with zero attached hydrogens (tertiary/aromatic N) is 2. The number of hydrogen-bond acceptors (Lipinski definition) is 7. The topological polar surface area (TPSA) is 72.9 Å². The number of aromatic nitrogens is 1. The van der Waals surface area contributed by atoms with E-state index in [1.54, 1.807) is 24.0 Å². The number of carbonyl (C=O) groups is 1. The van der Waals surface area contributed by atoms with Gasteiger partial charge in [0.15, 0.2) is 5.13 Å². The predicted molar refractivity (Wildman–Crippen MR) is 139 cm³/mol. The van der Waals surface area contributed by atoms with Crippen molar-refractivity contribution in [3.05, 3.63) is 23.3 Å². The molecule has 1 saturated heterocycles. The number of hydrogen-bond donors (Lipinski definition) is 1. The van der Waals surface area contributed by atoms with Crippen molar-refractivity contribution >= 4 is 32.6 Å². The van der Waals surface area contributed by atoms with Gasteiger partial charge in [0.1, 0.15) is 6.61 Å². The molecule has 5 rings (SSSR count). The fourth-order valence-electron chi connectivity index (χ4n) is 6.87. The average molecular weight is 502 g/mol. The maximum atomic E-state index is 12.4. The van der Waals surface area contributed by atoms with Crippen LogP contribution in [0.15, 0.2) is 12.1 Å². The van der Waals surface area contributed by atoms with Gasteiger partial charge in [-0.3, -0.25) is 10.1 Å². The molecule has 3 atom stereocenters. The summed E-state index contributed by atoms with van der Waals surface area (Å²) in [6.07, 6.45) is 10.3. The van der Waals surface area contributed by atoms with Crippen molar-refractivity contribution in [2.45, 2.75) is 62.8 Å². The lowest BCUT2D eigenvalue weighted by atomic mass is 9.59. The minimum Gasteiger partial charge on any atom is -0.382 e. The molecule has 0 radical (unpaired) electrons. The van der Waals surface area contributed by atoms with Gasteiger partial charge in [-0.05, 0) is 81.3 Å². The van der Waals surface area contributed by atoms with Gasteiger partial charge in [0, 0.05) is 18.6 Å². The van der Waals surface area contributed by atoms with E-state index in [1.165, 1.54) is 57.1 Å². The molecule has 2 fully saturated rings. The van der Waals surface area contributed by atoms with Gasteiger partial charge in [0.05, 0.1) is 36.6 Å². The Morgan fingerprint density at radius 3 is 2.86 bits per heavy atom. The molecule has 35 heavy (non-hydrogen) atoms. The summed E-state index contributed by atoms with van der Waals surface area (Å²) >= 11 is 1.57. The molecule has 1 N–H and O–H groups in total. The molecule has 2 aromatic rings. The Labute approximate surface area is 212 Å². The molecule has 1 saturated carbocycles. The number of anilines is 1. The maximum Gasteiger partial charge on any atom is 0.252 e. The van der Waals surface area contributed by atoms with E-state index in [9.17, 15) is 4.79 Å². The van der Waals surface area contributed by atoms with E-state index < -0.39 is 0 Å². The predicted octanol–water partition coefficient (Wildman–Crippen LogP) is 4.38. The van der Waals surface area contributed by atoms with E-state index in [0.29, 0.717) is 43.0 Å².